The summed E-state index contributed by atoms with van der Waals surface area (Å²) in [5, 5.41) is 9.66. The zero-order valence-corrected chi connectivity index (χ0v) is 28.9. The van der Waals surface area contributed by atoms with Gasteiger partial charge in [-0.3, -0.25) is 39.4 Å². The molecule has 0 saturated carbocycles. The van der Waals surface area contributed by atoms with Crippen LogP contribution in [0.3, 0.4) is 0 Å². The molecule has 4 aromatic carbocycles. The van der Waals surface area contributed by atoms with E-state index >= 15 is 0 Å². The van der Waals surface area contributed by atoms with Crippen LogP contribution in [0.15, 0.2) is 96.0 Å². The maximum Gasteiger partial charge on any atom is 0.266 e. The van der Waals surface area contributed by atoms with Gasteiger partial charge in [-0.15, -0.1) is 22.7 Å². The average molecular weight is 725 g/mol. The van der Waals surface area contributed by atoms with Crippen molar-refractivity contribution in [2.75, 3.05) is 20.4 Å². The molecule has 0 aliphatic carbocycles. The van der Waals surface area contributed by atoms with Crippen molar-refractivity contribution in [2.45, 2.75) is 13.8 Å². The van der Waals surface area contributed by atoms with Crippen LogP contribution in [-0.4, -0.2) is 45.4 Å². The van der Waals surface area contributed by atoms with Crippen molar-refractivity contribution >= 4 is 79.8 Å². The fourth-order valence-corrected chi connectivity index (χ4v) is 7.33. The van der Waals surface area contributed by atoms with Crippen molar-refractivity contribution < 1.29 is 28.8 Å². The molecule has 8 rings (SSSR count). The number of fused-ring (bicyclic) bond motifs is 2. The van der Waals surface area contributed by atoms with Gasteiger partial charge < -0.3 is 0 Å². The number of carbonyl (C=O) groups is 6. The highest BCUT2D eigenvalue weighted by Crippen LogP contribution is 2.37. The van der Waals surface area contributed by atoms with Crippen LogP contribution in [0.2, 0.25) is 0 Å². The number of amides is 6. The third-order valence-corrected chi connectivity index (χ3v) is 10.2. The van der Waals surface area contributed by atoms with Gasteiger partial charge in [-0.1, -0.05) is 12.1 Å². The summed E-state index contributed by atoms with van der Waals surface area (Å²) in [6.07, 6.45) is 3.13. The first-order chi connectivity index (χ1) is 25.1. The lowest BCUT2D eigenvalue weighted by molar-refractivity contribution is 0.0910. The van der Waals surface area contributed by atoms with Crippen LogP contribution < -0.4 is 20.4 Å². The van der Waals surface area contributed by atoms with E-state index in [1.807, 2.05) is 12.1 Å². The molecule has 14 heteroatoms. The van der Waals surface area contributed by atoms with Crippen molar-refractivity contribution in [1.29, 1.82) is 0 Å². The largest absolute Gasteiger partial charge is 0.298 e. The second-order valence-electron chi connectivity index (χ2n) is 12.0. The van der Waals surface area contributed by atoms with E-state index in [9.17, 15) is 28.8 Å². The van der Waals surface area contributed by atoms with E-state index in [1.165, 1.54) is 59.1 Å². The van der Waals surface area contributed by atoms with Crippen LogP contribution in [0.25, 0.3) is 11.1 Å². The number of nitrogens with one attached hydrogen (secondary N) is 2. The predicted molar refractivity (Wildman–Crippen MR) is 197 cm³/mol. The molecule has 4 heterocycles. The Hall–Kier alpha value is -6.64. The van der Waals surface area contributed by atoms with Crippen molar-refractivity contribution in [1.82, 2.24) is 9.97 Å². The quantitative estimate of drug-likeness (QED) is 0.167. The molecule has 0 radical (unpaired) electrons. The van der Waals surface area contributed by atoms with Gasteiger partial charge in [0.1, 0.15) is 0 Å². The maximum absolute atomic E-state index is 13.5. The van der Waals surface area contributed by atoms with E-state index in [-0.39, 0.29) is 33.4 Å². The van der Waals surface area contributed by atoms with Crippen molar-refractivity contribution in [3.05, 3.63) is 140 Å². The third-order valence-electron chi connectivity index (χ3n) is 8.81. The molecule has 2 aliphatic heterocycles. The first kappa shape index (κ1) is 32.6. The highest BCUT2D eigenvalue weighted by atomic mass is 32.1. The number of carbonyl (C=O) groups excluding carboxylic acids is 6. The van der Waals surface area contributed by atoms with Gasteiger partial charge in [0, 0.05) is 34.3 Å². The molecule has 2 N–H and O–H groups in total. The second kappa shape index (κ2) is 12.6. The monoisotopic (exact) mass is 724 g/mol. The highest BCUT2D eigenvalue weighted by molar-refractivity contribution is 7.14. The number of imide groups is 2. The van der Waals surface area contributed by atoms with E-state index in [0.717, 1.165) is 20.9 Å². The van der Waals surface area contributed by atoms with E-state index in [0.29, 0.717) is 32.8 Å². The van der Waals surface area contributed by atoms with Gasteiger partial charge in [0.25, 0.3) is 35.4 Å². The van der Waals surface area contributed by atoms with Gasteiger partial charge in [-0.05, 0) is 96.8 Å². The highest BCUT2D eigenvalue weighted by Gasteiger charge is 2.39. The number of benzene rings is 4. The van der Waals surface area contributed by atoms with E-state index < -0.39 is 35.4 Å². The summed E-state index contributed by atoms with van der Waals surface area (Å²) in [4.78, 5) is 89.8. The molecule has 12 nitrogen and oxygen atoms in total. The summed E-state index contributed by atoms with van der Waals surface area (Å²) < 4.78 is 0. The van der Waals surface area contributed by atoms with Gasteiger partial charge in [-0.2, -0.15) is 0 Å². The van der Waals surface area contributed by atoms with Crippen LogP contribution in [0.5, 0.6) is 0 Å². The SMILES string of the molecule is Cc1cc(-c2ccc(N3C(=O)c4ccc(C(=O)Nc5nccs5)cc4C3=O)c(C)c2)ccc1N1C(=O)c2ccc(C(=O)Nc3nccs3)cc2C1=O. The Bertz CT molecular complexity index is 2350. The lowest BCUT2D eigenvalue weighted by atomic mass is 9.99. The topological polar surface area (TPSA) is 159 Å². The number of anilines is 4. The lowest BCUT2D eigenvalue weighted by Crippen LogP contribution is -2.30. The van der Waals surface area contributed by atoms with Crippen LogP contribution >= 0.6 is 22.7 Å². The van der Waals surface area contributed by atoms with Gasteiger partial charge in [0.05, 0.1) is 33.6 Å². The normalized spacial score (nSPS) is 13.4. The molecule has 2 aromatic heterocycles. The molecule has 0 fully saturated rings. The molecule has 6 aromatic rings. The van der Waals surface area contributed by atoms with E-state index in [4.69, 9.17) is 0 Å². The number of hydrogen-bond donors (Lipinski definition) is 2. The first-order valence-corrected chi connectivity index (χ1v) is 17.5. The maximum atomic E-state index is 13.5. The van der Waals surface area contributed by atoms with Crippen LogP contribution in [0.4, 0.5) is 21.6 Å². The van der Waals surface area contributed by atoms with Crippen LogP contribution in [0.1, 0.15) is 73.3 Å². The summed E-state index contributed by atoms with van der Waals surface area (Å²) in [6, 6.07) is 19.5. The number of rotatable bonds is 7. The summed E-state index contributed by atoms with van der Waals surface area (Å²) in [6.45, 7) is 3.58. The Morgan fingerprint density at radius 1 is 0.538 bits per heavy atom. The Kier molecular flexibility index (Phi) is 7.89. The van der Waals surface area contributed by atoms with Gasteiger partial charge in [0.2, 0.25) is 0 Å². The molecule has 0 bridgehead atoms. The Morgan fingerprint density at radius 2 is 0.942 bits per heavy atom. The fourth-order valence-electron chi connectivity index (χ4n) is 6.28. The molecule has 0 unspecified atom stereocenters. The molecule has 0 atom stereocenters. The molecular formula is C38H24N6O6S2. The second-order valence-corrected chi connectivity index (χ2v) is 13.8. The minimum Gasteiger partial charge on any atom is -0.298 e. The Morgan fingerprint density at radius 3 is 1.31 bits per heavy atom. The number of aromatic nitrogens is 2. The molecule has 0 saturated heterocycles. The molecular weight excluding hydrogens is 701 g/mol. The summed E-state index contributed by atoms with van der Waals surface area (Å²) >= 11 is 2.53. The number of nitrogens with zero attached hydrogens (tertiary/aromatic N) is 4. The summed E-state index contributed by atoms with van der Waals surface area (Å²) in [7, 11) is 0. The molecule has 0 spiro atoms. The fraction of sp³-hybridized carbons (Fsp3) is 0.0526. The predicted octanol–water partition coefficient (Wildman–Crippen LogP) is 6.99. The zero-order valence-electron chi connectivity index (χ0n) is 27.3. The molecule has 2 aliphatic rings. The lowest BCUT2D eigenvalue weighted by Gasteiger charge is -2.19. The summed E-state index contributed by atoms with van der Waals surface area (Å²) in [5.74, 6) is -2.93. The first-order valence-electron chi connectivity index (χ1n) is 15.8. The van der Waals surface area contributed by atoms with Gasteiger partial charge in [-0.25, -0.2) is 19.8 Å². The number of thiazole rings is 2. The smallest absolute Gasteiger partial charge is 0.266 e. The van der Waals surface area contributed by atoms with Gasteiger partial charge >= 0.3 is 0 Å². The molecule has 6 amide bonds. The zero-order chi connectivity index (χ0) is 36.3. The average Bonchev–Trinajstić information content (AvgIpc) is 3.94. The van der Waals surface area contributed by atoms with Crippen LogP contribution in [0, 0.1) is 13.8 Å². The van der Waals surface area contributed by atoms with E-state index in [2.05, 4.69) is 20.6 Å². The minimum atomic E-state index is -0.534. The van der Waals surface area contributed by atoms with Crippen molar-refractivity contribution in [3.63, 3.8) is 0 Å². The standard InChI is InChI=1S/C38H24N6O6S2/c1-19-15-21(5-9-29(19)43-33(47)25-7-3-23(17-27(25)35(43)49)31(45)41-37-39-11-13-51-37)22-6-10-30(20(2)16-22)44-34(48)26-8-4-24(18-28(26)36(44)50)32(46)42-38-40-12-14-52-38/h3-18H,1-2H3,(H,39,41,45)(H,40,42,46). The molecule has 254 valence electrons. The van der Waals surface area contributed by atoms with Crippen molar-refractivity contribution in [2.24, 2.45) is 0 Å². The van der Waals surface area contributed by atoms with Crippen molar-refractivity contribution in [3.8, 4) is 11.1 Å². The molecule has 52 heavy (non-hydrogen) atoms. The van der Waals surface area contributed by atoms with E-state index in [1.54, 1.807) is 61.3 Å². The Balaban J connectivity index is 1.01. The van der Waals surface area contributed by atoms with Gasteiger partial charge in [0.15, 0.2) is 10.3 Å². The van der Waals surface area contributed by atoms with Crippen LogP contribution in [-0.2, 0) is 0 Å². The Labute approximate surface area is 303 Å². The number of aryl methyl sites for hydroxylation is 2. The minimum absolute atomic E-state index is 0.134. The summed E-state index contributed by atoms with van der Waals surface area (Å²) in [5.41, 5.74) is 4.82. The third kappa shape index (κ3) is 5.46. The number of hydrogen-bond acceptors (Lipinski definition) is 10.